The molecule has 0 bridgehead atoms. The number of halogens is 3. The average molecular weight is 240 g/mol. The van der Waals surface area contributed by atoms with Gasteiger partial charge in [0.2, 0.25) is 5.89 Å². The van der Waals surface area contributed by atoms with Crippen LogP contribution in [0.25, 0.3) is 0 Å². The number of carbonyl (C=O) groups is 1. The van der Waals surface area contributed by atoms with E-state index in [2.05, 4.69) is 19.4 Å². The van der Waals surface area contributed by atoms with Crippen LogP contribution in [0.3, 0.4) is 0 Å². The van der Waals surface area contributed by atoms with Gasteiger partial charge in [0.05, 0.1) is 13.0 Å². The first-order valence-corrected chi connectivity index (χ1v) is 4.09. The molecule has 0 unspecified atom stereocenters. The van der Waals surface area contributed by atoms with Crippen LogP contribution in [-0.4, -0.2) is 40.6 Å². The molecule has 0 radical (unpaired) electrons. The van der Waals surface area contributed by atoms with Gasteiger partial charge >= 0.3 is 12.1 Å². The molecule has 1 N–H and O–H groups in total. The van der Waals surface area contributed by atoms with Crippen molar-refractivity contribution in [2.45, 2.75) is 12.6 Å². The zero-order chi connectivity index (χ0) is 12.2. The van der Waals surface area contributed by atoms with Gasteiger partial charge in [-0.1, -0.05) is 0 Å². The summed E-state index contributed by atoms with van der Waals surface area (Å²) in [6.07, 6.45) is -4.46. The third-order valence-electron chi connectivity index (χ3n) is 1.39. The molecule has 90 valence electrons. The lowest BCUT2D eigenvalue weighted by atomic mass is 10.4. The average Bonchev–Trinajstić information content (AvgIpc) is 2.59. The molecule has 0 spiro atoms. The van der Waals surface area contributed by atoms with Gasteiger partial charge < -0.3 is 14.4 Å². The Morgan fingerprint density at radius 2 is 2.19 bits per heavy atom. The minimum absolute atomic E-state index is 0.0731. The van der Waals surface area contributed by atoms with Crippen LogP contribution in [0.2, 0.25) is 0 Å². The molecule has 0 aliphatic carbocycles. The topological polar surface area (TPSA) is 85.5 Å². The molecule has 0 aromatic carbocycles. The first-order chi connectivity index (χ1) is 7.38. The predicted molar refractivity (Wildman–Crippen MR) is 41.8 cm³/mol. The van der Waals surface area contributed by atoms with Crippen molar-refractivity contribution in [3.63, 3.8) is 0 Å². The van der Waals surface area contributed by atoms with E-state index in [1.54, 1.807) is 0 Å². The third kappa shape index (κ3) is 4.26. The molecule has 0 saturated heterocycles. The van der Waals surface area contributed by atoms with Gasteiger partial charge in [0.1, 0.15) is 6.61 Å². The summed E-state index contributed by atoms with van der Waals surface area (Å²) in [5, 5.41) is 11.5. The van der Waals surface area contributed by atoms with Crippen LogP contribution in [-0.2, 0) is 11.2 Å². The van der Waals surface area contributed by atoms with Crippen LogP contribution in [0.5, 0.6) is 0 Å². The Balaban J connectivity index is 2.30. The normalized spacial score (nSPS) is 11.7. The van der Waals surface area contributed by atoms with E-state index in [1.165, 1.54) is 0 Å². The summed E-state index contributed by atoms with van der Waals surface area (Å²) in [4.78, 5) is 13.7. The second kappa shape index (κ2) is 4.92. The van der Waals surface area contributed by atoms with E-state index in [-0.39, 0.29) is 18.9 Å². The quantitative estimate of drug-likeness (QED) is 0.769. The zero-order valence-electron chi connectivity index (χ0n) is 7.82. The summed E-state index contributed by atoms with van der Waals surface area (Å²) in [6.45, 7) is -1.65. The SMILES string of the molecule is O=C(O)c1noc(CCOCC(F)(F)F)n1. The van der Waals surface area contributed by atoms with Crippen molar-refractivity contribution in [2.75, 3.05) is 13.2 Å². The number of nitrogens with zero attached hydrogens (tertiary/aromatic N) is 2. The number of alkyl halides is 3. The Morgan fingerprint density at radius 3 is 2.69 bits per heavy atom. The van der Waals surface area contributed by atoms with Crippen LogP contribution in [0, 0.1) is 0 Å². The van der Waals surface area contributed by atoms with Crippen molar-refractivity contribution in [3.05, 3.63) is 11.7 Å². The van der Waals surface area contributed by atoms with Gasteiger partial charge in [-0.05, 0) is 5.16 Å². The van der Waals surface area contributed by atoms with Crippen LogP contribution < -0.4 is 0 Å². The summed E-state index contributed by atoms with van der Waals surface area (Å²) in [6, 6.07) is 0. The standard InChI is InChI=1S/C7H7F3N2O4/c8-7(9,10)3-15-2-1-4-11-5(6(13)14)12-16-4/h1-3H2,(H,13,14). The lowest BCUT2D eigenvalue weighted by molar-refractivity contribution is -0.173. The monoisotopic (exact) mass is 240 g/mol. The van der Waals surface area contributed by atoms with E-state index >= 15 is 0 Å². The zero-order valence-corrected chi connectivity index (χ0v) is 7.82. The smallest absolute Gasteiger partial charge is 0.411 e. The number of hydrogen-bond acceptors (Lipinski definition) is 5. The van der Waals surface area contributed by atoms with E-state index in [1.807, 2.05) is 0 Å². The third-order valence-corrected chi connectivity index (χ3v) is 1.39. The van der Waals surface area contributed by atoms with Gasteiger partial charge in [0.25, 0.3) is 5.82 Å². The van der Waals surface area contributed by atoms with Crippen LogP contribution >= 0.6 is 0 Å². The summed E-state index contributed by atoms with van der Waals surface area (Å²) < 4.78 is 43.6. The number of ether oxygens (including phenoxy) is 1. The summed E-state index contributed by atoms with van der Waals surface area (Å²) in [5.74, 6) is -1.99. The molecule has 0 amide bonds. The largest absolute Gasteiger partial charge is 0.475 e. The van der Waals surface area contributed by atoms with Crippen molar-refractivity contribution in [1.29, 1.82) is 0 Å². The fraction of sp³-hybridized carbons (Fsp3) is 0.571. The van der Waals surface area contributed by atoms with Gasteiger partial charge in [0.15, 0.2) is 0 Å². The van der Waals surface area contributed by atoms with Gasteiger partial charge in [-0.15, -0.1) is 0 Å². The fourth-order valence-corrected chi connectivity index (χ4v) is 0.791. The fourth-order valence-electron chi connectivity index (χ4n) is 0.791. The predicted octanol–water partition coefficient (Wildman–Crippen LogP) is 0.889. The Kier molecular flexibility index (Phi) is 3.82. The van der Waals surface area contributed by atoms with Crippen molar-refractivity contribution < 1.29 is 32.3 Å². The molecular formula is C7H7F3N2O4. The first-order valence-electron chi connectivity index (χ1n) is 4.09. The van der Waals surface area contributed by atoms with Crippen molar-refractivity contribution in [1.82, 2.24) is 10.1 Å². The molecule has 0 aliphatic rings. The van der Waals surface area contributed by atoms with Gasteiger partial charge in [-0.3, -0.25) is 0 Å². The highest BCUT2D eigenvalue weighted by molar-refractivity contribution is 5.82. The van der Waals surface area contributed by atoms with E-state index in [0.29, 0.717) is 0 Å². The first kappa shape index (κ1) is 12.4. The molecule has 0 saturated carbocycles. The minimum atomic E-state index is -4.39. The molecule has 0 atom stereocenters. The Labute approximate surface area is 87.0 Å². The number of aromatic nitrogens is 2. The summed E-state index contributed by atoms with van der Waals surface area (Å²) >= 11 is 0. The highest BCUT2D eigenvalue weighted by Gasteiger charge is 2.27. The molecule has 0 aliphatic heterocycles. The molecule has 1 rings (SSSR count). The molecule has 0 fully saturated rings. The van der Waals surface area contributed by atoms with Gasteiger partial charge in [0, 0.05) is 0 Å². The highest BCUT2D eigenvalue weighted by atomic mass is 19.4. The van der Waals surface area contributed by atoms with Crippen LogP contribution in [0.4, 0.5) is 13.2 Å². The maximum absolute atomic E-state index is 11.6. The Bertz CT molecular complexity index is 363. The van der Waals surface area contributed by atoms with Crippen LogP contribution in [0.15, 0.2) is 4.52 Å². The maximum atomic E-state index is 11.6. The Hall–Kier alpha value is -1.64. The van der Waals surface area contributed by atoms with Gasteiger partial charge in [-0.25, -0.2) is 4.79 Å². The Morgan fingerprint density at radius 1 is 1.50 bits per heavy atom. The van der Waals surface area contributed by atoms with Crippen molar-refractivity contribution in [2.24, 2.45) is 0 Å². The second-order valence-electron chi connectivity index (χ2n) is 2.73. The van der Waals surface area contributed by atoms with Crippen molar-refractivity contribution in [3.8, 4) is 0 Å². The molecule has 1 aromatic rings. The van der Waals surface area contributed by atoms with Gasteiger partial charge in [-0.2, -0.15) is 18.2 Å². The van der Waals surface area contributed by atoms with E-state index in [0.717, 1.165) is 0 Å². The number of hydrogen-bond donors (Lipinski definition) is 1. The molecule has 1 heterocycles. The molecular weight excluding hydrogens is 233 g/mol. The lowest BCUT2D eigenvalue weighted by Gasteiger charge is -2.05. The second-order valence-corrected chi connectivity index (χ2v) is 2.73. The number of carboxylic acids is 1. The van der Waals surface area contributed by atoms with Crippen molar-refractivity contribution >= 4 is 5.97 Å². The van der Waals surface area contributed by atoms with E-state index in [4.69, 9.17) is 5.11 Å². The lowest BCUT2D eigenvalue weighted by Crippen LogP contribution is -2.18. The molecule has 16 heavy (non-hydrogen) atoms. The number of rotatable bonds is 5. The molecule has 1 aromatic heterocycles. The van der Waals surface area contributed by atoms with E-state index < -0.39 is 24.6 Å². The molecule has 6 nitrogen and oxygen atoms in total. The number of carboxylic acid groups (broad SMARTS) is 1. The minimum Gasteiger partial charge on any atom is -0.475 e. The molecule has 9 heteroatoms. The van der Waals surface area contributed by atoms with E-state index in [9.17, 15) is 18.0 Å². The summed E-state index contributed by atoms with van der Waals surface area (Å²) in [5.41, 5.74) is 0. The highest BCUT2D eigenvalue weighted by Crippen LogP contribution is 2.14. The maximum Gasteiger partial charge on any atom is 0.411 e. The van der Waals surface area contributed by atoms with Crippen LogP contribution in [0.1, 0.15) is 16.5 Å². The number of aromatic carboxylic acids is 1. The summed E-state index contributed by atoms with van der Waals surface area (Å²) in [7, 11) is 0.